The van der Waals surface area contributed by atoms with Crippen molar-refractivity contribution < 1.29 is 4.74 Å². The maximum Gasteiger partial charge on any atom is 0.191 e. The molecule has 166 valence electrons. The first-order valence-corrected chi connectivity index (χ1v) is 10.8. The number of nitrogens with one attached hydrogen (secondary N) is 2. The fraction of sp³-hybridized carbons (Fsp3) is 0.950. The zero-order valence-electron chi connectivity index (χ0n) is 18.5. The Bertz CT molecular complexity index is 434. The van der Waals surface area contributed by atoms with Crippen molar-refractivity contribution in [1.29, 1.82) is 0 Å². The number of ether oxygens (including phenoxy) is 1. The van der Waals surface area contributed by atoms with Crippen LogP contribution in [-0.2, 0) is 4.74 Å². The second-order valence-corrected chi connectivity index (χ2v) is 8.39. The third-order valence-corrected chi connectivity index (χ3v) is 5.62. The predicted molar refractivity (Wildman–Crippen MR) is 129 cm³/mol. The molecular formula is C20H43IN6O. The molecule has 0 aromatic heterocycles. The van der Waals surface area contributed by atoms with Crippen LogP contribution in [0.2, 0.25) is 0 Å². The first kappa shape index (κ1) is 25.9. The van der Waals surface area contributed by atoms with Crippen LogP contribution in [0.1, 0.15) is 33.6 Å². The summed E-state index contributed by atoms with van der Waals surface area (Å²) in [5.74, 6) is 0.943. The van der Waals surface area contributed by atoms with Crippen molar-refractivity contribution in [2.24, 2.45) is 4.99 Å². The smallest absolute Gasteiger partial charge is 0.191 e. The van der Waals surface area contributed by atoms with Gasteiger partial charge in [0.15, 0.2) is 5.96 Å². The number of likely N-dealkylation sites (N-methyl/N-ethyl adjacent to an activating group) is 1. The number of guanidine groups is 1. The Kier molecular flexibility index (Phi) is 12.9. The number of piperazine rings is 1. The third kappa shape index (κ3) is 9.56. The summed E-state index contributed by atoms with van der Waals surface area (Å²) in [6.07, 6.45) is 2.43. The number of aliphatic imine (C=N–C) groups is 1. The van der Waals surface area contributed by atoms with Crippen LogP contribution in [0.15, 0.2) is 4.99 Å². The highest BCUT2D eigenvalue weighted by molar-refractivity contribution is 14.0. The normalized spacial score (nSPS) is 20.6. The van der Waals surface area contributed by atoms with Gasteiger partial charge in [-0.15, -0.1) is 24.0 Å². The van der Waals surface area contributed by atoms with Crippen molar-refractivity contribution in [3.05, 3.63) is 0 Å². The van der Waals surface area contributed by atoms with E-state index in [0.717, 1.165) is 51.9 Å². The molecule has 0 aromatic rings. The summed E-state index contributed by atoms with van der Waals surface area (Å²) in [5.41, 5.74) is 0.0630. The lowest BCUT2D eigenvalue weighted by Gasteiger charge is -2.39. The Morgan fingerprint density at radius 1 is 1.00 bits per heavy atom. The Hall–Kier alpha value is -0.160. The summed E-state index contributed by atoms with van der Waals surface area (Å²) in [5, 5.41) is 6.89. The van der Waals surface area contributed by atoms with Crippen LogP contribution in [0.5, 0.6) is 0 Å². The number of halogens is 1. The van der Waals surface area contributed by atoms with E-state index in [1.807, 2.05) is 0 Å². The molecule has 7 nitrogen and oxygen atoms in total. The molecule has 2 rings (SSSR count). The van der Waals surface area contributed by atoms with Crippen LogP contribution in [0, 0.1) is 0 Å². The van der Waals surface area contributed by atoms with Crippen LogP contribution < -0.4 is 10.6 Å². The number of hydrogen-bond donors (Lipinski definition) is 2. The van der Waals surface area contributed by atoms with E-state index in [0.29, 0.717) is 0 Å². The molecule has 0 saturated carbocycles. The van der Waals surface area contributed by atoms with Gasteiger partial charge in [-0.2, -0.15) is 0 Å². The quantitative estimate of drug-likeness (QED) is 0.211. The van der Waals surface area contributed by atoms with Crippen molar-refractivity contribution in [2.45, 2.75) is 39.2 Å². The van der Waals surface area contributed by atoms with Crippen LogP contribution in [0.4, 0.5) is 0 Å². The molecule has 2 saturated heterocycles. The van der Waals surface area contributed by atoms with Gasteiger partial charge in [0, 0.05) is 57.9 Å². The third-order valence-electron chi connectivity index (χ3n) is 5.62. The van der Waals surface area contributed by atoms with Gasteiger partial charge in [-0.3, -0.25) is 9.89 Å². The van der Waals surface area contributed by atoms with Crippen molar-refractivity contribution >= 4 is 29.9 Å². The van der Waals surface area contributed by atoms with Gasteiger partial charge in [0.1, 0.15) is 0 Å². The molecule has 8 heteroatoms. The lowest BCUT2D eigenvalue weighted by atomic mass is 10.0. The summed E-state index contributed by atoms with van der Waals surface area (Å²) in [4.78, 5) is 12.3. The summed E-state index contributed by atoms with van der Waals surface area (Å²) in [7, 11) is 2.21. The maximum atomic E-state index is 5.48. The SMILES string of the molecule is CCNC(=NCC(C)(C)N1CCOCC1)NCCCCN1CCN(C)CC1.I. The fourth-order valence-electron chi connectivity index (χ4n) is 3.62. The molecule has 2 N–H and O–H groups in total. The predicted octanol–water partition coefficient (Wildman–Crippen LogP) is 1.30. The highest BCUT2D eigenvalue weighted by Gasteiger charge is 2.28. The lowest BCUT2D eigenvalue weighted by molar-refractivity contribution is -0.00683. The standard InChI is InChI=1S/C20H42N6O.HI/c1-5-21-19(23-18-20(2,3)26-14-16-27-17-15-26)22-8-6-7-9-25-12-10-24(4)11-13-25;/h5-18H2,1-4H3,(H2,21,22,23);1H. The first-order valence-electron chi connectivity index (χ1n) is 10.8. The lowest BCUT2D eigenvalue weighted by Crippen LogP contribution is -2.52. The molecule has 0 radical (unpaired) electrons. The monoisotopic (exact) mass is 510 g/mol. The van der Waals surface area contributed by atoms with Crippen LogP contribution in [0.3, 0.4) is 0 Å². The van der Waals surface area contributed by atoms with Crippen LogP contribution in [-0.4, -0.2) is 112 Å². The number of rotatable bonds is 9. The van der Waals surface area contributed by atoms with E-state index >= 15 is 0 Å². The fourth-order valence-corrected chi connectivity index (χ4v) is 3.62. The van der Waals surface area contributed by atoms with Crippen molar-refractivity contribution in [3.63, 3.8) is 0 Å². The molecule has 28 heavy (non-hydrogen) atoms. The molecule has 2 aliphatic rings. The molecule has 2 fully saturated rings. The molecule has 0 unspecified atom stereocenters. The topological polar surface area (TPSA) is 55.4 Å². The van der Waals surface area contributed by atoms with Gasteiger partial charge in [0.25, 0.3) is 0 Å². The molecule has 0 atom stereocenters. The first-order chi connectivity index (χ1) is 13.0. The number of nitrogens with zero attached hydrogens (tertiary/aromatic N) is 4. The maximum absolute atomic E-state index is 5.48. The summed E-state index contributed by atoms with van der Waals surface area (Å²) in [6, 6.07) is 0. The molecule has 0 spiro atoms. The summed E-state index contributed by atoms with van der Waals surface area (Å²) >= 11 is 0. The highest BCUT2D eigenvalue weighted by Crippen LogP contribution is 2.16. The molecule has 2 aliphatic heterocycles. The summed E-state index contributed by atoms with van der Waals surface area (Å²) < 4.78 is 5.48. The Balaban J connectivity index is 0.00000392. The van der Waals surface area contributed by atoms with Gasteiger partial charge >= 0.3 is 0 Å². The zero-order valence-corrected chi connectivity index (χ0v) is 20.8. The van der Waals surface area contributed by atoms with Gasteiger partial charge < -0.3 is 25.2 Å². The average Bonchev–Trinajstić information content (AvgIpc) is 2.68. The zero-order chi connectivity index (χ0) is 19.5. The second-order valence-electron chi connectivity index (χ2n) is 8.39. The van der Waals surface area contributed by atoms with Crippen molar-refractivity contribution in [2.75, 3.05) is 85.7 Å². The van der Waals surface area contributed by atoms with Gasteiger partial charge in [-0.25, -0.2) is 0 Å². The number of morpholine rings is 1. The van der Waals surface area contributed by atoms with E-state index in [2.05, 4.69) is 53.2 Å². The minimum Gasteiger partial charge on any atom is -0.379 e. The van der Waals surface area contributed by atoms with Gasteiger partial charge in [0.05, 0.1) is 19.8 Å². The van der Waals surface area contributed by atoms with E-state index in [1.54, 1.807) is 0 Å². The Morgan fingerprint density at radius 3 is 2.32 bits per heavy atom. The van der Waals surface area contributed by atoms with E-state index in [4.69, 9.17) is 9.73 Å². The van der Waals surface area contributed by atoms with Crippen LogP contribution >= 0.6 is 24.0 Å². The molecular weight excluding hydrogens is 467 g/mol. The van der Waals surface area contributed by atoms with E-state index in [-0.39, 0.29) is 29.5 Å². The Labute approximate surface area is 189 Å². The minimum absolute atomic E-state index is 0. The largest absolute Gasteiger partial charge is 0.379 e. The highest BCUT2D eigenvalue weighted by atomic mass is 127. The second kappa shape index (κ2) is 14.0. The van der Waals surface area contributed by atoms with E-state index in [1.165, 1.54) is 45.6 Å². The van der Waals surface area contributed by atoms with Crippen LogP contribution in [0.25, 0.3) is 0 Å². The number of hydrogen-bond acceptors (Lipinski definition) is 5. The molecule has 0 amide bonds. The van der Waals surface area contributed by atoms with Gasteiger partial charge in [-0.1, -0.05) is 0 Å². The Morgan fingerprint density at radius 2 is 1.68 bits per heavy atom. The van der Waals surface area contributed by atoms with Crippen molar-refractivity contribution in [3.8, 4) is 0 Å². The minimum atomic E-state index is 0. The van der Waals surface area contributed by atoms with Gasteiger partial charge in [0.2, 0.25) is 0 Å². The molecule has 0 bridgehead atoms. The molecule has 0 aliphatic carbocycles. The molecule has 2 heterocycles. The molecule has 0 aromatic carbocycles. The van der Waals surface area contributed by atoms with E-state index < -0.39 is 0 Å². The number of unbranched alkanes of at least 4 members (excludes halogenated alkanes) is 1. The van der Waals surface area contributed by atoms with Gasteiger partial charge in [-0.05, 0) is 47.2 Å². The summed E-state index contributed by atoms with van der Waals surface area (Å²) in [6.45, 7) is 19.1. The average molecular weight is 511 g/mol. The van der Waals surface area contributed by atoms with E-state index in [9.17, 15) is 0 Å². The van der Waals surface area contributed by atoms with Crippen molar-refractivity contribution in [1.82, 2.24) is 25.3 Å².